The Morgan fingerprint density at radius 2 is 2.10 bits per heavy atom. The lowest BCUT2D eigenvalue weighted by molar-refractivity contribution is -0.0186. The van der Waals surface area contributed by atoms with Gasteiger partial charge < -0.3 is 4.74 Å². The minimum Gasteiger partial charge on any atom is -0.351 e. The Kier molecular flexibility index (Phi) is 3.20. The van der Waals surface area contributed by atoms with E-state index in [1.54, 1.807) is 10.9 Å². The summed E-state index contributed by atoms with van der Waals surface area (Å²) in [6.07, 6.45) is 0.656. The number of ether oxygens (including phenoxy) is 1. The number of alkyl halides is 1. The third-order valence-corrected chi connectivity index (χ3v) is 4.06. The first-order valence-corrected chi connectivity index (χ1v) is 7.00. The van der Waals surface area contributed by atoms with Crippen LogP contribution in [0.5, 0.6) is 0 Å². The second-order valence-corrected chi connectivity index (χ2v) is 5.46. The van der Waals surface area contributed by atoms with Gasteiger partial charge in [0.25, 0.3) is 0 Å². The van der Waals surface area contributed by atoms with Crippen molar-refractivity contribution in [1.82, 2.24) is 19.5 Å². The fourth-order valence-corrected chi connectivity index (χ4v) is 2.91. The Balaban J connectivity index is 2.07. The van der Waals surface area contributed by atoms with E-state index in [0.717, 1.165) is 12.1 Å². The summed E-state index contributed by atoms with van der Waals surface area (Å²) in [5, 5.41) is 0. The van der Waals surface area contributed by atoms with Gasteiger partial charge in [-0.15, -0.1) is 0 Å². The summed E-state index contributed by atoms with van der Waals surface area (Å²) in [5.41, 5.74) is 2.16. The SMILES string of the molecule is CC[C@H]1O[C@@H](n2cnc3c(C)nc(C)nc32)[C@@H](F)[C@@H]1C. The van der Waals surface area contributed by atoms with E-state index in [4.69, 9.17) is 4.74 Å². The topological polar surface area (TPSA) is 52.8 Å². The molecule has 20 heavy (non-hydrogen) atoms. The lowest BCUT2D eigenvalue weighted by Crippen LogP contribution is -2.20. The third-order valence-electron chi connectivity index (χ3n) is 4.06. The van der Waals surface area contributed by atoms with Gasteiger partial charge in [-0.1, -0.05) is 13.8 Å². The van der Waals surface area contributed by atoms with Gasteiger partial charge in [-0.2, -0.15) is 0 Å². The van der Waals surface area contributed by atoms with Gasteiger partial charge in [-0.25, -0.2) is 19.3 Å². The highest BCUT2D eigenvalue weighted by molar-refractivity contribution is 5.73. The molecule has 5 nitrogen and oxygen atoms in total. The van der Waals surface area contributed by atoms with Gasteiger partial charge in [0.2, 0.25) is 0 Å². The quantitative estimate of drug-likeness (QED) is 0.847. The maximum absolute atomic E-state index is 14.5. The average Bonchev–Trinajstić information content (AvgIpc) is 2.93. The van der Waals surface area contributed by atoms with Crippen LogP contribution in [0.25, 0.3) is 11.2 Å². The van der Waals surface area contributed by atoms with Crippen molar-refractivity contribution >= 4 is 11.2 Å². The Morgan fingerprint density at radius 1 is 1.35 bits per heavy atom. The molecule has 4 atom stereocenters. The van der Waals surface area contributed by atoms with E-state index in [9.17, 15) is 4.39 Å². The molecule has 3 heterocycles. The molecule has 0 saturated carbocycles. The van der Waals surface area contributed by atoms with E-state index >= 15 is 0 Å². The van der Waals surface area contributed by atoms with Crippen molar-refractivity contribution in [3.05, 3.63) is 17.8 Å². The standard InChI is InChI=1S/C14H19FN4O/c1-5-10-7(2)11(15)14(20-10)19-6-16-12-8(3)17-9(4)18-13(12)19/h6-7,10-11,14H,5H2,1-4H3/t7-,10-,11+,14-/m1/s1. The number of hydrogen-bond acceptors (Lipinski definition) is 4. The van der Waals surface area contributed by atoms with E-state index in [-0.39, 0.29) is 12.0 Å². The van der Waals surface area contributed by atoms with Crippen LogP contribution in [0, 0.1) is 19.8 Å². The highest BCUT2D eigenvalue weighted by Gasteiger charge is 2.43. The molecule has 3 rings (SSSR count). The molecule has 0 amide bonds. The number of halogens is 1. The Morgan fingerprint density at radius 3 is 2.75 bits per heavy atom. The van der Waals surface area contributed by atoms with Gasteiger partial charge in [0.1, 0.15) is 11.3 Å². The lowest BCUT2D eigenvalue weighted by Gasteiger charge is -2.15. The highest BCUT2D eigenvalue weighted by Crippen LogP contribution is 2.38. The Labute approximate surface area is 117 Å². The minimum atomic E-state index is -1.05. The van der Waals surface area contributed by atoms with Crippen molar-refractivity contribution < 1.29 is 9.13 Å². The van der Waals surface area contributed by atoms with Crippen molar-refractivity contribution in [1.29, 1.82) is 0 Å². The fourth-order valence-electron chi connectivity index (χ4n) is 2.91. The van der Waals surface area contributed by atoms with Gasteiger partial charge in [0.05, 0.1) is 18.1 Å². The molecule has 1 aliphatic rings. The second-order valence-electron chi connectivity index (χ2n) is 5.46. The summed E-state index contributed by atoms with van der Waals surface area (Å²) in [4.78, 5) is 13.0. The molecular formula is C14H19FN4O. The number of imidazole rings is 1. The van der Waals surface area contributed by atoms with Crippen LogP contribution in [0.3, 0.4) is 0 Å². The summed E-state index contributed by atoms with van der Waals surface area (Å²) in [6, 6.07) is 0. The maximum atomic E-state index is 14.5. The first-order chi connectivity index (χ1) is 9.52. The fraction of sp³-hybridized carbons (Fsp3) is 0.643. The van der Waals surface area contributed by atoms with E-state index in [1.165, 1.54) is 0 Å². The summed E-state index contributed by atoms with van der Waals surface area (Å²) in [6.45, 7) is 7.61. The third kappa shape index (κ3) is 1.90. The van der Waals surface area contributed by atoms with Crippen LogP contribution in [0.4, 0.5) is 4.39 Å². The molecule has 0 bridgehead atoms. The molecule has 0 unspecified atom stereocenters. The zero-order valence-corrected chi connectivity index (χ0v) is 12.2. The van der Waals surface area contributed by atoms with Gasteiger partial charge in [0.15, 0.2) is 18.0 Å². The summed E-state index contributed by atoms with van der Waals surface area (Å²) in [7, 11) is 0. The molecule has 2 aromatic heterocycles. The number of rotatable bonds is 2. The van der Waals surface area contributed by atoms with E-state index in [1.807, 2.05) is 27.7 Å². The van der Waals surface area contributed by atoms with Crippen LogP contribution in [-0.2, 0) is 4.74 Å². The zero-order chi connectivity index (χ0) is 14.4. The predicted molar refractivity (Wildman–Crippen MR) is 73.1 cm³/mol. The van der Waals surface area contributed by atoms with Crippen LogP contribution in [0.1, 0.15) is 38.0 Å². The first kappa shape index (κ1) is 13.4. The van der Waals surface area contributed by atoms with Crippen LogP contribution < -0.4 is 0 Å². The zero-order valence-electron chi connectivity index (χ0n) is 12.2. The average molecular weight is 278 g/mol. The minimum absolute atomic E-state index is 0.0588. The Bertz CT molecular complexity index is 641. The lowest BCUT2D eigenvalue weighted by atomic mass is 10.00. The van der Waals surface area contributed by atoms with E-state index in [0.29, 0.717) is 17.0 Å². The number of fused-ring (bicyclic) bond motifs is 1. The normalized spacial score (nSPS) is 30.2. The van der Waals surface area contributed by atoms with Crippen LogP contribution in [0.15, 0.2) is 6.33 Å². The summed E-state index contributed by atoms with van der Waals surface area (Å²) in [5.74, 6) is 0.539. The van der Waals surface area contributed by atoms with Gasteiger partial charge in [0, 0.05) is 5.92 Å². The summed E-state index contributed by atoms with van der Waals surface area (Å²) >= 11 is 0. The molecule has 0 aliphatic carbocycles. The van der Waals surface area contributed by atoms with Crippen molar-refractivity contribution in [3.8, 4) is 0 Å². The summed E-state index contributed by atoms with van der Waals surface area (Å²) < 4.78 is 22.1. The van der Waals surface area contributed by atoms with Gasteiger partial charge in [-0.05, 0) is 20.3 Å². The van der Waals surface area contributed by atoms with Crippen molar-refractivity contribution in [3.63, 3.8) is 0 Å². The van der Waals surface area contributed by atoms with Gasteiger partial charge >= 0.3 is 0 Å². The van der Waals surface area contributed by atoms with Crippen LogP contribution >= 0.6 is 0 Å². The molecule has 6 heteroatoms. The van der Waals surface area contributed by atoms with Crippen molar-refractivity contribution in [2.24, 2.45) is 5.92 Å². The largest absolute Gasteiger partial charge is 0.351 e. The Hall–Kier alpha value is -1.56. The molecule has 0 N–H and O–H groups in total. The molecule has 108 valence electrons. The maximum Gasteiger partial charge on any atom is 0.168 e. The molecule has 1 fully saturated rings. The number of aryl methyl sites for hydroxylation is 2. The first-order valence-electron chi connectivity index (χ1n) is 7.00. The second kappa shape index (κ2) is 4.77. The molecule has 0 radical (unpaired) electrons. The van der Waals surface area contributed by atoms with E-state index < -0.39 is 12.4 Å². The molecule has 0 spiro atoms. The van der Waals surface area contributed by atoms with Crippen LogP contribution in [0.2, 0.25) is 0 Å². The van der Waals surface area contributed by atoms with Crippen molar-refractivity contribution in [2.45, 2.75) is 52.6 Å². The molecule has 2 aromatic rings. The number of nitrogens with zero attached hydrogens (tertiary/aromatic N) is 4. The van der Waals surface area contributed by atoms with Crippen LogP contribution in [-0.4, -0.2) is 31.8 Å². The smallest absolute Gasteiger partial charge is 0.168 e. The molecule has 1 saturated heterocycles. The molecule has 0 aromatic carbocycles. The number of hydrogen-bond donors (Lipinski definition) is 0. The van der Waals surface area contributed by atoms with Gasteiger partial charge in [-0.3, -0.25) is 4.57 Å². The molecular weight excluding hydrogens is 259 g/mol. The predicted octanol–water partition coefficient (Wildman–Crippen LogP) is 2.72. The molecule has 1 aliphatic heterocycles. The highest BCUT2D eigenvalue weighted by atomic mass is 19.1. The van der Waals surface area contributed by atoms with Crippen molar-refractivity contribution in [2.75, 3.05) is 0 Å². The number of aromatic nitrogens is 4. The monoisotopic (exact) mass is 278 g/mol. The van der Waals surface area contributed by atoms with E-state index in [2.05, 4.69) is 15.0 Å².